The zero-order valence-electron chi connectivity index (χ0n) is 9.49. The van der Waals surface area contributed by atoms with E-state index in [2.05, 4.69) is 6.92 Å². The maximum atomic E-state index is 12.6. The quantitative estimate of drug-likeness (QED) is 0.785. The second-order valence-electron chi connectivity index (χ2n) is 4.35. The van der Waals surface area contributed by atoms with Crippen LogP contribution in [-0.2, 0) is 4.74 Å². The first-order chi connectivity index (χ1) is 7.74. The van der Waals surface area contributed by atoms with Crippen LogP contribution in [0.5, 0.6) is 5.75 Å². The lowest BCUT2D eigenvalue weighted by molar-refractivity contribution is -0.0171. The van der Waals surface area contributed by atoms with Crippen molar-refractivity contribution in [1.29, 1.82) is 0 Å². The van der Waals surface area contributed by atoms with Crippen molar-refractivity contribution >= 4 is 0 Å². The predicted octanol–water partition coefficient (Wildman–Crippen LogP) is 3.02. The lowest BCUT2D eigenvalue weighted by Crippen LogP contribution is -2.27. The molecule has 1 aliphatic rings. The normalized spacial score (nSPS) is 25.4. The standard InChI is InChI=1S/C13H17FO2/c1-10-2-3-11(8-15-10)9-16-13-6-4-12(14)5-7-13/h4-7,10-11H,2-3,8-9H2,1H3/t10-,11+/m0/s1. The summed E-state index contributed by atoms with van der Waals surface area (Å²) in [6.07, 6.45) is 2.61. The molecule has 1 fully saturated rings. The molecule has 16 heavy (non-hydrogen) atoms. The van der Waals surface area contributed by atoms with Crippen molar-refractivity contribution in [2.45, 2.75) is 25.9 Å². The van der Waals surface area contributed by atoms with E-state index in [1.165, 1.54) is 12.1 Å². The van der Waals surface area contributed by atoms with Crippen LogP contribution in [0.1, 0.15) is 19.8 Å². The number of rotatable bonds is 3. The van der Waals surface area contributed by atoms with Gasteiger partial charge in [0.1, 0.15) is 11.6 Å². The van der Waals surface area contributed by atoms with Gasteiger partial charge in [0.25, 0.3) is 0 Å². The highest BCUT2D eigenvalue weighted by atomic mass is 19.1. The van der Waals surface area contributed by atoms with Gasteiger partial charge in [-0.3, -0.25) is 0 Å². The van der Waals surface area contributed by atoms with Crippen LogP contribution in [-0.4, -0.2) is 19.3 Å². The largest absolute Gasteiger partial charge is 0.493 e. The van der Waals surface area contributed by atoms with Crippen molar-refractivity contribution in [3.05, 3.63) is 30.1 Å². The van der Waals surface area contributed by atoms with Gasteiger partial charge in [0.05, 0.1) is 19.3 Å². The van der Waals surface area contributed by atoms with Gasteiger partial charge >= 0.3 is 0 Å². The third kappa shape index (κ3) is 3.20. The Balaban J connectivity index is 1.77. The molecule has 1 aromatic rings. The lowest BCUT2D eigenvalue weighted by Gasteiger charge is -2.26. The maximum Gasteiger partial charge on any atom is 0.123 e. The van der Waals surface area contributed by atoms with E-state index >= 15 is 0 Å². The first kappa shape index (κ1) is 11.4. The summed E-state index contributed by atoms with van der Waals surface area (Å²) in [5.41, 5.74) is 0. The Hall–Kier alpha value is -1.09. The molecule has 0 saturated carbocycles. The molecular formula is C13H17FO2. The van der Waals surface area contributed by atoms with Crippen LogP contribution in [0.2, 0.25) is 0 Å². The summed E-state index contributed by atoms with van der Waals surface area (Å²) in [7, 11) is 0. The van der Waals surface area contributed by atoms with Crippen LogP contribution >= 0.6 is 0 Å². The highest BCUT2D eigenvalue weighted by molar-refractivity contribution is 5.22. The maximum absolute atomic E-state index is 12.6. The van der Waals surface area contributed by atoms with E-state index < -0.39 is 0 Å². The fourth-order valence-corrected chi connectivity index (χ4v) is 1.81. The van der Waals surface area contributed by atoms with Crippen LogP contribution < -0.4 is 4.74 Å². The third-order valence-electron chi connectivity index (χ3n) is 2.90. The monoisotopic (exact) mass is 224 g/mol. The van der Waals surface area contributed by atoms with Gasteiger partial charge in [-0.1, -0.05) is 0 Å². The summed E-state index contributed by atoms with van der Waals surface area (Å²) < 4.78 is 23.8. The number of halogens is 1. The number of hydrogen-bond donors (Lipinski definition) is 0. The Morgan fingerprint density at radius 1 is 1.31 bits per heavy atom. The highest BCUT2D eigenvalue weighted by Crippen LogP contribution is 2.20. The van der Waals surface area contributed by atoms with Crippen molar-refractivity contribution in [2.24, 2.45) is 5.92 Å². The van der Waals surface area contributed by atoms with Crippen molar-refractivity contribution in [1.82, 2.24) is 0 Å². The minimum Gasteiger partial charge on any atom is -0.493 e. The Bertz CT molecular complexity index is 315. The molecule has 0 spiro atoms. The van der Waals surface area contributed by atoms with E-state index in [4.69, 9.17) is 9.47 Å². The van der Waals surface area contributed by atoms with Gasteiger partial charge in [-0.15, -0.1) is 0 Å². The molecule has 2 rings (SSSR count). The summed E-state index contributed by atoms with van der Waals surface area (Å²) in [5.74, 6) is 0.948. The van der Waals surface area contributed by atoms with Crippen molar-refractivity contribution in [3.63, 3.8) is 0 Å². The van der Waals surface area contributed by atoms with E-state index in [1.54, 1.807) is 12.1 Å². The second kappa shape index (κ2) is 5.30. The molecule has 1 aromatic carbocycles. The Morgan fingerprint density at radius 2 is 2.06 bits per heavy atom. The average molecular weight is 224 g/mol. The van der Waals surface area contributed by atoms with Crippen molar-refractivity contribution in [3.8, 4) is 5.75 Å². The van der Waals surface area contributed by atoms with Gasteiger partial charge < -0.3 is 9.47 Å². The second-order valence-corrected chi connectivity index (χ2v) is 4.35. The van der Waals surface area contributed by atoms with E-state index in [1.807, 2.05) is 0 Å². The average Bonchev–Trinajstić information content (AvgIpc) is 2.30. The van der Waals surface area contributed by atoms with Crippen LogP contribution in [0.4, 0.5) is 4.39 Å². The lowest BCUT2D eigenvalue weighted by atomic mass is 10.00. The molecule has 1 heterocycles. The summed E-state index contributed by atoms with van der Waals surface area (Å²) >= 11 is 0. The molecule has 2 atom stereocenters. The molecular weight excluding hydrogens is 207 g/mol. The molecule has 0 bridgehead atoms. The fraction of sp³-hybridized carbons (Fsp3) is 0.538. The van der Waals surface area contributed by atoms with Gasteiger partial charge in [0, 0.05) is 5.92 Å². The summed E-state index contributed by atoms with van der Waals surface area (Å²) in [5, 5.41) is 0. The van der Waals surface area contributed by atoms with E-state index in [9.17, 15) is 4.39 Å². The summed E-state index contributed by atoms with van der Waals surface area (Å²) in [4.78, 5) is 0. The SMILES string of the molecule is C[C@H]1CC[C@@H](COc2ccc(F)cc2)CO1. The van der Waals surface area contributed by atoms with Crippen LogP contribution in [0.15, 0.2) is 24.3 Å². The molecule has 1 saturated heterocycles. The van der Waals surface area contributed by atoms with Gasteiger partial charge in [-0.05, 0) is 44.0 Å². The zero-order chi connectivity index (χ0) is 11.4. The molecule has 2 nitrogen and oxygen atoms in total. The topological polar surface area (TPSA) is 18.5 Å². The van der Waals surface area contributed by atoms with Gasteiger partial charge in [-0.25, -0.2) is 4.39 Å². The number of benzene rings is 1. The van der Waals surface area contributed by atoms with Crippen molar-refractivity contribution in [2.75, 3.05) is 13.2 Å². The Kier molecular flexibility index (Phi) is 3.78. The first-order valence-corrected chi connectivity index (χ1v) is 5.74. The number of ether oxygens (including phenoxy) is 2. The van der Waals surface area contributed by atoms with E-state index in [-0.39, 0.29) is 5.82 Å². The van der Waals surface area contributed by atoms with Crippen LogP contribution in [0.25, 0.3) is 0 Å². The first-order valence-electron chi connectivity index (χ1n) is 5.74. The van der Waals surface area contributed by atoms with Crippen LogP contribution in [0, 0.1) is 11.7 Å². The zero-order valence-corrected chi connectivity index (χ0v) is 9.49. The van der Waals surface area contributed by atoms with E-state index in [0.717, 1.165) is 25.2 Å². The minimum atomic E-state index is -0.234. The van der Waals surface area contributed by atoms with E-state index in [0.29, 0.717) is 18.6 Å². The molecule has 0 amide bonds. The third-order valence-corrected chi connectivity index (χ3v) is 2.90. The summed E-state index contributed by atoms with van der Waals surface area (Å²) in [6, 6.07) is 6.13. The molecule has 1 aliphatic heterocycles. The van der Waals surface area contributed by atoms with Crippen molar-refractivity contribution < 1.29 is 13.9 Å². The number of hydrogen-bond acceptors (Lipinski definition) is 2. The fourth-order valence-electron chi connectivity index (χ4n) is 1.81. The minimum absolute atomic E-state index is 0.234. The van der Waals surface area contributed by atoms with Crippen LogP contribution in [0.3, 0.4) is 0 Å². The molecule has 0 unspecified atom stereocenters. The molecule has 0 aromatic heterocycles. The molecule has 0 radical (unpaired) electrons. The molecule has 0 N–H and O–H groups in total. The molecule has 0 aliphatic carbocycles. The smallest absolute Gasteiger partial charge is 0.123 e. The highest BCUT2D eigenvalue weighted by Gasteiger charge is 2.18. The van der Waals surface area contributed by atoms with Gasteiger partial charge in [-0.2, -0.15) is 0 Å². The Morgan fingerprint density at radius 3 is 2.69 bits per heavy atom. The predicted molar refractivity (Wildman–Crippen MR) is 60.0 cm³/mol. The van der Waals surface area contributed by atoms with Gasteiger partial charge in [0.15, 0.2) is 0 Å². The Labute approximate surface area is 95.4 Å². The molecule has 3 heteroatoms. The molecule has 88 valence electrons. The summed E-state index contributed by atoms with van der Waals surface area (Å²) in [6.45, 7) is 3.51. The van der Waals surface area contributed by atoms with Gasteiger partial charge in [0.2, 0.25) is 0 Å².